The standard InChI is InChI=1S/C21H16N4O3/c26-20(15-7-9-18(10-8-15)25-12-3-11-22-25)23-16-4-1-5-17(14-16)24-21(27)19-6-2-13-28-19/h1-14H,(H,23,26)(H,24,27). The number of hydrogen-bond donors (Lipinski definition) is 2. The van der Waals surface area contributed by atoms with Gasteiger partial charge < -0.3 is 15.1 Å². The fraction of sp³-hybridized carbons (Fsp3) is 0. The summed E-state index contributed by atoms with van der Waals surface area (Å²) in [5.41, 5.74) is 2.50. The number of hydrogen-bond acceptors (Lipinski definition) is 4. The minimum absolute atomic E-state index is 0.215. The van der Waals surface area contributed by atoms with Crippen LogP contribution in [0.4, 0.5) is 11.4 Å². The van der Waals surface area contributed by atoms with Gasteiger partial charge in [-0.3, -0.25) is 9.59 Å². The highest BCUT2D eigenvalue weighted by molar-refractivity contribution is 6.05. The molecule has 28 heavy (non-hydrogen) atoms. The van der Waals surface area contributed by atoms with Crippen molar-refractivity contribution in [1.82, 2.24) is 9.78 Å². The molecule has 138 valence electrons. The van der Waals surface area contributed by atoms with E-state index in [2.05, 4.69) is 15.7 Å². The van der Waals surface area contributed by atoms with Gasteiger partial charge in [-0.25, -0.2) is 4.68 Å². The molecule has 0 saturated carbocycles. The van der Waals surface area contributed by atoms with E-state index in [0.29, 0.717) is 16.9 Å². The predicted molar refractivity (Wildman–Crippen MR) is 105 cm³/mol. The lowest BCUT2D eigenvalue weighted by atomic mass is 10.2. The van der Waals surface area contributed by atoms with E-state index in [9.17, 15) is 9.59 Å². The largest absolute Gasteiger partial charge is 0.459 e. The number of furan rings is 1. The Hall–Kier alpha value is -4.13. The highest BCUT2D eigenvalue weighted by atomic mass is 16.3. The summed E-state index contributed by atoms with van der Waals surface area (Å²) in [7, 11) is 0. The number of carbonyl (C=O) groups is 2. The van der Waals surface area contributed by atoms with Gasteiger partial charge in [0.25, 0.3) is 11.8 Å². The van der Waals surface area contributed by atoms with E-state index in [-0.39, 0.29) is 17.6 Å². The van der Waals surface area contributed by atoms with Gasteiger partial charge in [0, 0.05) is 29.3 Å². The summed E-state index contributed by atoms with van der Waals surface area (Å²) in [6, 6.07) is 19.1. The predicted octanol–water partition coefficient (Wildman–Crippen LogP) is 3.97. The van der Waals surface area contributed by atoms with Gasteiger partial charge in [0.2, 0.25) is 0 Å². The molecule has 4 rings (SSSR count). The maximum atomic E-state index is 12.5. The van der Waals surface area contributed by atoms with E-state index in [1.165, 1.54) is 6.26 Å². The molecule has 0 aliphatic rings. The topological polar surface area (TPSA) is 89.2 Å². The third-order valence-electron chi connectivity index (χ3n) is 4.02. The molecule has 2 aromatic heterocycles. The van der Waals surface area contributed by atoms with E-state index < -0.39 is 0 Å². The second-order valence-electron chi connectivity index (χ2n) is 5.96. The third-order valence-corrected chi connectivity index (χ3v) is 4.02. The molecule has 0 fully saturated rings. The van der Waals surface area contributed by atoms with Crippen molar-refractivity contribution in [3.05, 3.63) is 96.7 Å². The Morgan fingerprint density at radius 3 is 2.25 bits per heavy atom. The van der Waals surface area contributed by atoms with E-state index in [0.717, 1.165) is 5.69 Å². The Balaban J connectivity index is 1.44. The van der Waals surface area contributed by atoms with Crippen LogP contribution in [0.15, 0.2) is 89.8 Å². The minimum Gasteiger partial charge on any atom is -0.459 e. The summed E-state index contributed by atoms with van der Waals surface area (Å²) in [5, 5.41) is 9.71. The molecular formula is C21H16N4O3. The van der Waals surface area contributed by atoms with Gasteiger partial charge in [-0.05, 0) is 60.7 Å². The quantitative estimate of drug-likeness (QED) is 0.555. The molecule has 7 heteroatoms. The lowest BCUT2D eigenvalue weighted by Crippen LogP contribution is -2.13. The van der Waals surface area contributed by atoms with Gasteiger partial charge in [-0.2, -0.15) is 5.10 Å². The number of nitrogens with zero attached hydrogens (tertiary/aromatic N) is 2. The molecule has 0 aliphatic carbocycles. The number of carbonyl (C=O) groups excluding carboxylic acids is 2. The summed E-state index contributed by atoms with van der Waals surface area (Å²) in [5.74, 6) is -0.393. The normalized spacial score (nSPS) is 10.4. The molecule has 2 amide bonds. The maximum absolute atomic E-state index is 12.5. The Morgan fingerprint density at radius 1 is 0.857 bits per heavy atom. The van der Waals surface area contributed by atoms with Crippen LogP contribution in [0.3, 0.4) is 0 Å². The van der Waals surface area contributed by atoms with Gasteiger partial charge in [-0.1, -0.05) is 6.07 Å². The van der Waals surface area contributed by atoms with Crippen LogP contribution in [0.25, 0.3) is 5.69 Å². The molecule has 0 radical (unpaired) electrons. The first-order valence-corrected chi connectivity index (χ1v) is 8.55. The zero-order valence-corrected chi connectivity index (χ0v) is 14.7. The zero-order valence-electron chi connectivity index (χ0n) is 14.7. The monoisotopic (exact) mass is 372 g/mol. The van der Waals surface area contributed by atoms with Crippen molar-refractivity contribution in [2.45, 2.75) is 0 Å². The number of amides is 2. The molecule has 7 nitrogen and oxygen atoms in total. The number of anilines is 2. The van der Waals surface area contributed by atoms with E-state index in [1.54, 1.807) is 59.4 Å². The van der Waals surface area contributed by atoms with E-state index in [4.69, 9.17) is 4.42 Å². The summed E-state index contributed by atoms with van der Waals surface area (Å²) in [4.78, 5) is 24.6. The average Bonchev–Trinajstić information content (AvgIpc) is 3.42. The van der Waals surface area contributed by atoms with Crippen LogP contribution >= 0.6 is 0 Å². The first-order valence-electron chi connectivity index (χ1n) is 8.55. The van der Waals surface area contributed by atoms with Crippen LogP contribution < -0.4 is 10.6 Å². The molecule has 2 N–H and O–H groups in total. The molecule has 0 unspecified atom stereocenters. The number of rotatable bonds is 5. The summed E-state index contributed by atoms with van der Waals surface area (Å²) in [6.45, 7) is 0. The molecule has 0 spiro atoms. The lowest BCUT2D eigenvalue weighted by molar-refractivity contribution is 0.0995. The number of aromatic nitrogens is 2. The summed E-state index contributed by atoms with van der Waals surface area (Å²) < 4.78 is 6.78. The Morgan fingerprint density at radius 2 is 1.61 bits per heavy atom. The Bertz CT molecular complexity index is 1090. The SMILES string of the molecule is O=C(Nc1cccc(NC(=O)c2ccco2)c1)c1ccc(-n2cccn2)cc1. The second-order valence-corrected chi connectivity index (χ2v) is 5.96. The van der Waals surface area contributed by atoms with E-state index >= 15 is 0 Å². The molecule has 0 bridgehead atoms. The molecule has 0 saturated heterocycles. The minimum atomic E-state index is -0.359. The van der Waals surface area contributed by atoms with Crippen molar-refractivity contribution >= 4 is 23.2 Å². The Kier molecular flexibility index (Phi) is 4.71. The van der Waals surface area contributed by atoms with Gasteiger partial charge in [0.15, 0.2) is 5.76 Å². The molecule has 0 atom stereocenters. The molecule has 2 aromatic carbocycles. The first kappa shape index (κ1) is 17.3. The van der Waals surface area contributed by atoms with Crippen LogP contribution in [0.5, 0.6) is 0 Å². The van der Waals surface area contributed by atoms with Crippen molar-refractivity contribution in [3.8, 4) is 5.69 Å². The van der Waals surface area contributed by atoms with E-state index in [1.807, 2.05) is 24.4 Å². The highest BCUT2D eigenvalue weighted by Crippen LogP contribution is 2.18. The van der Waals surface area contributed by atoms with Crippen LogP contribution in [-0.4, -0.2) is 21.6 Å². The molecule has 2 heterocycles. The molecular weight excluding hydrogens is 356 g/mol. The smallest absolute Gasteiger partial charge is 0.291 e. The zero-order chi connectivity index (χ0) is 19.3. The fourth-order valence-corrected chi connectivity index (χ4v) is 2.67. The van der Waals surface area contributed by atoms with Gasteiger partial charge >= 0.3 is 0 Å². The van der Waals surface area contributed by atoms with Gasteiger partial charge in [0.1, 0.15) is 0 Å². The number of benzene rings is 2. The van der Waals surface area contributed by atoms with Crippen LogP contribution in [0.1, 0.15) is 20.9 Å². The van der Waals surface area contributed by atoms with Crippen molar-refractivity contribution in [3.63, 3.8) is 0 Å². The third kappa shape index (κ3) is 3.83. The van der Waals surface area contributed by atoms with Crippen molar-refractivity contribution in [2.24, 2.45) is 0 Å². The summed E-state index contributed by atoms with van der Waals surface area (Å²) >= 11 is 0. The second kappa shape index (κ2) is 7.63. The highest BCUT2D eigenvalue weighted by Gasteiger charge is 2.10. The number of nitrogens with one attached hydrogen (secondary N) is 2. The maximum Gasteiger partial charge on any atom is 0.291 e. The first-order chi connectivity index (χ1) is 13.7. The lowest BCUT2D eigenvalue weighted by Gasteiger charge is -2.09. The van der Waals surface area contributed by atoms with Crippen LogP contribution in [-0.2, 0) is 0 Å². The van der Waals surface area contributed by atoms with Crippen LogP contribution in [0.2, 0.25) is 0 Å². The van der Waals surface area contributed by atoms with Gasteiger partial charge in [-0.15, -0.1) is 0 Å². The fourth-order valence-electron chi connectivity index (χ4n) is 2.67. The molecule has 4 aromatic rings. The van der Waals surface area contributed by atoms with Crippen LogP contribution in [0, 0.1) is 0 Å². The molecule has 0 aliphatic heterocycles. The van der Waals surface area contributed by atoms with Crippen molar-refractivity contribution < 1.29 is 14.0 Å². The van der Waals surface area contributed by atoms with Gasteiger partial charge in [0.05, 0.1) is 12.0 Å². The van der Waals surface area contributed by atoms with Crippen molar-refractivity contribution in [2.75, 3.05) is 10.6 Å². The average molecular weight is 372 g/mol. The Labute approximate surface area is 160 Å². The summed E-state index contributed by atoms with van der Waals surface area (Å²) in [6.07, 6.45) is 4.96. The van der Waals surface area contributed by atoms with Crippen molar-refractivity contribution in [1.29, 1.82) is 0 Å².